The van der Waals surface area contributed by atoms with Crippen LogP contribution >= 0.6 is 0 Å². The van der Waals surface area contributed by atoms with Crippen molar-refractivity contribution in [2.24, 2.45) is 0 Å². The van der Waals surface area contributed by atoms with Crippen molar-refractivity contribution in [3.8, 4) is 0 Å². The highest BCUT2D eigenvalue weighted by atomic mass is 16.5. The smallest absolute Gasteiger partial charge is 0.101 e. The molecule has 19 heavy (non-hydrogen) atoms. The summed E-state index contributed by atoms with van der Waals surface area (Å²) < 4.78 is 13.5. The summed E-state index contributed by atoms with van der Waals surface area (Å²) in [6.07, 6.45) is 9.20. The van der Waals surface area contributed by atoms with Gasteiger partial charge in [0, 0.05) is 7.11 Å². The van der Waals surface area contributed by atoms with E-state index in [0.29, 0.717) is 6.04 Å². The first-order valence-corrected chi connectivity index (χ1v) is 6.58. The topological polar surface area (TPSA) is 21.3 Å². The van der Waals surface area contributed by atoms with Crippen LogP contribution in [0.4, 0.5) is 0 Å². The molecule has 0 bridgehead atoms. The Balaban J connectivity index is 2.35. The molecule has 1 aromatic rings. The molecule has 1 atom stereocenters. The number of ether oxygens (including phenoxy) is 1. The number of benzene rings is 1. The molecule has 2 rings (SSSR count). The molecule has 100 valence electrons. The summed E-state index contributed by atoms with van der Waals surface area (Å²) >= 11 is 0. The molecule has 0 radical (unpaired) electrons. The van der Waals surface area contributed by atoms with Crippen LogP contribution in [0.15, 0.2) is 59.7 Å². The maximum atomic E-state index is 7.98. The fourth-order valence-electron chi connectivity index (χ4n) is 2.19. The molecule has 1 unspecified atom stereocenters. The van der Waals surface area contributed by atoms with E-state index in [1.54, 1.807) is 7.11 Å². The summed E-state index contributed by atoms with van der Waals surface area (Å²) in [5, 5.41) is 3.17. The minimum atomic E-state index is -0.0357. The molecule has 2 nitrogen and oxygen atoms in total. The highest BCUT2D eigenvalue weighted by molar-refractivity contribution is 5.62. The van der Waals surface area contributed by atoms with Gasteiger partial charge >= 0.3 is 0 Å². The van der Waals surface area contributed by atoms with Gasteiger partial charge in [-0.3, -0.25) is 0 Å². The SMILES string of the molecule is [2H]c1ccccc1C=C1C(CCNC)=CC=CC1OC. The van der Waals surface area contributed by atoms with Crippen molar-refractivity contribution in [3.63, 3.8) is 0 Å². The predicted octanol–water partition coefficient (Wildman–Crippen LogP) is 3.19. The first-order chi connectivity index (χ1) is 9.76. The second-order valence-corrected chi connectivity index (χ2v) is 4.50. The van der Waals surface area contributed by atoms with Crippen LogP contribution in [-0.4, -0.2) is 26.8 Å². The van der Waals surface area contributed by atoms with Crippen molar-refractivity contribution in [1.29, 1.82) is 0 Å². The zero-order chi connectivity index (χ0) is 14.4. The molecule has 0 saturated carbocycles. The Morgan fingerprint density at radius 2 is 2.32 bits per heavy atom. The second kappa shape index (κ2) is 7.07. The summed E-state index contributed by atoms with van der Waals surface area (Å²) in [6.45, 7) is 0.927. The second-order valence-electron chi connectivity index (χ2n) is 4.50. The molecule has 0 amide bonds. The molecule has 0 spiro atoms. The molecule has 0 aromatic heterocycles. The normalized spacial score (nSPS) is 21.4. The van der Waals surface area contributed by atoms with Gasteiger partial charge in [-0.05, 0) is 42.8 Å². The van der Waals surface area contributed by atoms with E-state index in [1.807, 2.05) is 43.5 Å². The van der Waals surface area contributed by atoms with Crippen LogP contribution in [0.3, 0.4) is 0 Å². The Labute approximate surface area is 116 Å². The lowest BCUT2D eigenvalue weighted by molar-refractivity contribution is 0.170. The number of allylic oxidation sites excluding steroid dienone is 2. The summed E-state index contributed by atoms with van der Waals surface area (Å²) in [7, 11) is 3.67. The van der Waals surface area contributed by atoms with E-state index in [2.05, 4.69) is 17.5 Å². The van der Waals surface area contributed by atoms with Crippen molar-refractivity contribution < 1.29 is 6.11 Å². The van der Waals surface area contributed by atoms with Crippen LogP contribution in [0, 0.1) is 0 Å². The van der Waals surface area contributed by atoms with E-state index in [4.69, 9.17) is 6.11 Å². The van der Waals surface area contributed by atoms with E-state index < -0.39 is 0 Å². The quantitative estimate of drug-likeness (QED) is 0.873. The average Bonchev–Trinajstić information content (AvgIpc) is 2.48. The largest absolute Gasteiger partial charge is 0.373 e. The Bertz CT molecular complexity index is 546. The van der Waals surface area contributed by atoms with Crippen LogP contribution in [0.2, 0.25) is 0 Å². The molecule has 0 heterocycles. The van der Waals surface area contributed by atoms with Gasteiger partial charge in [0.2, 0.25) is 0 Å². The Kier molecular flexibility index (Phi) is 4.62. The number of hydrogen-bond donors (Lipinski definition) is 1. The van der Waals surface area contributed by atoms with Crippen LogP contribution in [0.25, 0.3) is 6.08 Å². The van der Waals surface area contributed by atoms with Crippen molar-refractivity contribution in [3.05, 3.63) is 65.2 Å². The number of rotatable bonds is 5. The summed E-state index contributed by atoms with van der Waals surface area (Å²) in [6, 6.07) is 8.16. The van der Waals surface area contributed by atoms with Crippen molar-refractivity contribution in [2.75, 3.05) is 20.7 Å². The van der Waals surface area contributed by atoms with E-state index in [9.17, 15) is 0 Å². The first-order valence-electron chi connectivity index (χ1n) is 7.08. The number of methoxy groups -OCH3 is 1. The zero-order valence-electron chi connectivity index (χ0n) is 12.5. The third kappa shape index (κ3) is 3.66. The number of hydrogen-bond acceptors (Lipinski definition) is 2. The van der Waals surface area contributed by atoms with Gasteiger partial charge < -0.3 is 10.1 Å². The third-order valence-corrected chi connectivity index (χ3v) is 3.20. The van der Waals surface area contributed by atoms with Crippen LogP contribution < -0.4 is 5.32 Å². The molecule has 0 aliphatic heterocycles. The Morgan fingerprint density at radius 1 is 1.42 bits per heavy atom. The fraction of sp³-hybridized carbons (Fsp3) is 0.294. The van der Waals surface area contributed by atoms with Gasteiger partial charge in [0.1, 0.15) is 6.10 Å². The summed E-state index contributed by atoms with van der Waals surface area (Å²) in [5.41, 5.74) is 3.33. The van der Waals surface area contributed by atoms with Gasteiger partial charge in [0.05, 0.1) is 1.37 Å². The predicted molar refractivity (Wildman–Crippen MR) is 81.0 cm³/mol. The first kappa shape index (κ1) is 12.4. The van der Waals surface area contributed by atoms with Gasteiger partial charge in [-0.2, -0.15) is 0 Å². The molecular formula is C17H21NO. The minimum Gasteiger partial charge on any atom is -0.373 e. The molecule has 2 heteroatoms. The highest BCUT2D eigenvalue weighted by Crippen LogP contribution is 2.26. The Hall–Kier alpha value is -1.64. The molecule has 1 aliphatic carbocycles. The standard InChI is InChI=1S/C17H21NO/c1-18-12-11-15-9-6-10-17(19-2)16(15)13-14-7-4-3-5-8-14/h3-10,13,17-18H,11-12H2,1-2H3/i7D. The van der Waals surface area contributed by atoms with Gasteiger partial charge in [-0.15, -0.1) is 0 Å². The van der Waals surface area contributed by atoms with Crippen molar-refractivity contribution in [2.45, 2.75) is 12.5 Å². The molecule has 1 N–H and O–H groups in total. The zero-order valence-corrected chi connectivity index (χ0v) is 11.5. The lowest BCUT2D eigenvalue weighted by Gasteiger charge is -2.22. The van der Waals surface area contributed by atoms with Crippen LogP contribution in [-0.2, 0) is 4.74 Å². The molecule has 0 saturated heterocycles. The van der Waals surface area contributed by atoms with Crippen molar-refractivity contribution >= 4 is 6.08 Å². The molecule has 0 fully saturated rings. The number of nitrogens with one attached hydrogen (secondary N) is 1. The van der Waals surface area contributed by atoms with Gasteiger partial charge in [0.25, 0.3) is 0 Å². The molecule has 1 aromatic carbocycles. The Morgan fingerprint density at radius 3 is 3.05 bits per heavy atom. The van der Waals surface area contributed by atoms with Crippen LogP contribution in [0.5, 0.6) is 0 Å². The van der Waals surface area contributed by atoms with Gasteiger partial charge in [0.15, 0.2) is 0 Å². The van der Waals surface area contributed by atoms with Gasteiger partial charge in [-0.25, -0.2) is 0 Å². The summed E-state index contributed by atoms with van der Waals surface area (Å²) in [5.74, 6) is 0. The highest BCUT2D eigenvalue weighted by Gasteiger charge is 2.17. The molecule has 1 aliphatic rings. The average molecular weight is 256 g/mol. The van der Waals surface area contributed by atoms with E-state index in [1.165, 1.54) is 5.57 Å². The lowest BCUT2D eigenvalue weighted by atomic mass is 9.91. The monoisotopic (exact) mass is 256 g/mol. The van der Waals surface area contributed by atoms with Crippen molar-refractivity contribution in [1.82, 2.24) is 5.32 Å². The van der Waals surface area contributed by atoms with E-state index in [0.717, 1.165) is 24.1 Å². The minimum absolute atomic E-state index is 0.0357. The van der Waals surface area contributed by atoms with Gasteiger partial charge in [-0.1, -0.05) is 48.5 Å². The van der Waals surface area contributed by atoms with E-state index >= 15 is 0 Å². The fourth-order valence-corrected chi connectivity index (χ4v) is 2.19. The molecular weight excluding hydrogens is 234 g/mol. The maximum absolute atomic E-state index is 7.98. The maximum Gasteiger partial charge on any atom is 0.101 e. The lowest BCUT2D eigenvalue weighted by Crippen LogP contribution is -2.18. The summed E-state index contributed by atoms with van der Waals surface area (Å²) in [4.78, 5) is 0. The third-order valence-electron chi connectivity index (χ3n) is 3.20. The van der Waals surface area contributed by atoms with Crippen LogP contribution in [0.1, 0.15) is 13.4 Å². The van der Waals surface area contributed by atoms with E-state index in [-0.39, 0.29) is 6.10 Å².